The van der Waals surface area contributed by atoms with E-state index in [0.717, 1.165) is 35.1 Å². The molecule has 22 heavy (non-hydrogen) atoms. The van der Waals surface area contributed by atoms with Crippen LogP contribution in [0.25, 0.3) is 0 Å². The summed E-state index contributed by atoms with van der Waals surface area (Å²) in [5.41, 5.74) is 3.96. The van der Waals surface area contributed by atoms with E-state index >= 15 is 0 Å². The lowest BCUT2D eigenvalue weighted by atomic mass is 10.0. The molecule has 4 heteroatoms. The fourth-order valence-electron chi connectivity index (χ4n) is 3.54. The van der Waals surface area contributed by atoms with Gasteiger partial charge in [-0.15, -0.1) is 0 Å². The molecule has 2 fully saturated rings. The third-order valence-corrected chi connectivity index (χ3v) is 7.76. The number of nitrogens with zero attached hydrogens (tertiary/aromatic N) is 1. The average molecular weight is 321 g/mol. The summed E-state index contributed by atoms with van der Waals surface area (Å²) in [5.74, 6) is 0.557. The SMILES string of the molecule is Cc1cc(C)c(C)c(S(=O)(=O)N(C2CC2)[C@H](C)C2CC2)c1C. The summed E-state index contributed by atoms with van der Waals surface area (Å²) < 4.78 is 28.8. The van der Waals surface area contributed by atoms with Gasteiger partial charge < -0.3 is 0 Å². The highest BCUT2D eigenvalue weighted by molar-refractivity contribution is 7.89. The van der Waals surface area contributed by atoms with E-state index in [2.05, 4.69) is 13.0 Å². The van der Waals surface area contributed by atoms with Crippen molar-refractivity contribution in [2.24, 2.45) is 5.92 Å². The first-order valence-corrected chi connectivity index (χ1v) is 9.80. The quantitative estimate of drug-likeness (QED) is 0.825. The van der Waals surface area contributed by atoms with Gasteiger partial charge in [-0.3, -0.25) is 0 Å². The molecule has 0 amide bonds. The normalized spacial score (nSPS) is 20.5. The first kappa shape index (κ1) is 16.0. The molecule has 1 aromatic rings. The van der Waals surface area contributed by atoms with Crippen LogP contribution in [0.15, 0.2) is 11.0 Å². The molecule has 0 heterocycles. The average Bonchev–Trinajstić information content (AvgIpc) is 3.27. The molecule has 3 nitrogen and oxygen atoms in total. The van der Waals surface area contributed by atoms with Gasteiger partial charge in [-0.05, 0) is 88.5 Å². The van der Waals surface area contributed by atoms with Crippen molar-refractivity contribution < 1.29 is 8.42 Å². The Morgan fingerprint density at radius 2 is 1.50 bits per heavy atom. The first-order chi connectivity index (χ1) is 10.2. The lowest BCUT2D eigenvalue weighted by Crippen LogP contribution is -2.42. The zero-order chi connectivity index (χ0) is 16.2. The monoisotopic (exact) mass is 321 g/mol. The molecule has 1 aromatic carbocycles. The van der Waals surface area contributed by atoms with Crippen LogP contribution in [-0.2, 0) is 10.0 Å². The van der Waals surface area contributed by atoms with Crippen molar-refractivity contribution in [3.63, 3.8) is 0 Å². The van der Waals surface area contributed by atoms with Gasteiger partial charge in [0.25, 0.3) is 0 Å². The largest absolute Gasteiger partial charge is 0.244 e. The summed E-state index contributed by atoms with van der Waals surface area (Å²) in [6.07, 6.45) is 4.37. The van der Waals surface area contributed by atoms with Crippen molar-refractivity contribution in [1.82, 2.24) is 4.31 Å². The maximum absolute atomic E-state index is 13.5. The Morgan fingerprint density at radius 1 is 1.00 bits per heavy atom. The molecule has 0 aliphatic heterocycles. The standard InChI is InChI=1S/C18H27NO2S/c1-11-10-12(2)14(4)18(13(11)3)22(20,21)19(17-8-9-17)15(5)16-6-7-16/h10,15-17H,6-9H2,1-5H3/t15-/m1/s1. The lowest BCUT2D eigenvalue weighted by molar-refractivity contribution is 0.301. The van der Waals surface area contributed by atoms with Crippen molar-refractivity contribution in [3.8, 4) is 0 Å². The van der Waals surface area contributed by atoms with Gasteiger partial charge in [0.2, 0.25) is 10.0 Å². The molecule has 0 unspecified atom stereocenters. The van der Waals surface area contributed by atoms with E-state index in [1.165, 1.54) is 12.8 Å². The van der Waals surface area contributed by atoms with Gasteiger partial charge >= 0.3 is 0 Å². The highest BCUT2D eigenvalue weighted by Gasteiger charge is 2.46. The minimum atomic E-state index is -3.42. The van der Waals surface area contributed by atoms with E-state index < -0.39 is 10.0 Å². The minimum Gasteiger partial charge on any atom is -0.207 e. The van der Waals surface area contributed by atoms with Gasteiger partial charge in [-0.2, -0.15) is 4.31 Å². The fourth-order valence-corrected chi connectivity index (χ4v) is 6.06. The van der Waals surface area contributed by atoms with Crippen LogP contribution in [0.1, 0.15) is 54.9 Å². The van der Waals surface area contributed by atoms with E-state index in [-0.39, 0.29) is 12.1 Å². The Balaban J connectivity index is 2.12. The Bertz CT molecular complexity index is 674. The van der Waals surface area contributed by atoms with Crippen LogP contribution in [0, 0.1) is 33.6 Å². The molecular formula is C18H27NO2S. The van der Waals surface area contributed by atoms with Crippen molar-refractivity contribution in [3.05, 3.63) is 28.3 Å². The third-order valence-electron chi connectivity index (χ3n) is 5.45. The number of sulfonamides is 1. The molecule has 0 radical (unpaired) electrons. The molecule has 0 spiro atoms. The number of hydrogen-bond donors (Lipinski definition) is 0. The van der Waals surface area contributed by atoms with E-state index in [0.29, 0.717) is 10.8 Å². The summed E-state index contributed by atoms with van der Waals surface area (Å²) in [4.78, 5) is 0.560. The molecule has 0 N–H and O–H groups in total. The lowest BCUT2D eigenvalue weighted by Gasteiger charge is -2.30. The zero-order valence-corrected chi connectivity index (χ0v) is 15.1. The van der Waals surface area contributed by atoms with Gasteiger partial charge in [-0.1, -0.05) is 6.07 Å². The smallest absolute Gasteiger partial charge is 0.207 e. The summed E-state index contributed by atoms with van der Waals surface area (Å²) in [6.45, 7) is 10.0. The minimum absolute atomic E-state index is 0.136. The van der Waals surface area contributed by atoms with Crippen LogP contribution in [0.3, 0.4) is 0 Å². The Hall–Kier alpha value is -0.870. The van der Waals surface area contributed by atoms with Crippen LogP contribution in [0.2, 0.25) is 0 Å². The van der Waals surface area contributed by atoms with Gasteiger partial charge in [0.15, 0.2) is 0 Å². The molecule has 0 bridgehead atoms. The number of aryl methyl sites for hydroxylation is 2. The maximum atomic E-state index is 13.5. The Morgan fingerprint density at radius 3 is 1.91 bits per heavy atom. The first-order valence-electron chi connectivity index (χ1n) is 8.36. The van der Waals surface area contributed by atoms with E-state index in [1.807, 2.05) is 32.0 Å². The highest BCUT2D eigenvalue weighted by Crippen LogP contribution is 2.43. The van der Waals surface area contributed by atoms with Crippen LogP contribution in [-0.4, -0.2) is 24.8 Å². The predicted octanol–water partition coefficient (Wildman–Crippen LogP) is 3.87. The van der Waals surface area contributed by atoms with Gasteiger partial charge in [0.1, 0.15) is 0 Å². The van der Waals surface area contributed by atoms with Gasteiger partial charge in [0, 0.05) is 12.1 Å². The van der Waals surface area contributed by atoms with Crippen molar-refractivity contribution in [2.75, 3.05) is 0 Å². The molecule has 2 aliphatic rings. The number of hydrogen-bond acceptors (Lipinski definition) is 2. The molecule has 2 saturated carbocycles. The predicted molar refractivity (Wildman–Crippen MR) is 89.6 cm³/mol. The number of benzene rings is 1. The second-order valence-corrected chi connectivity index (χ2v) is 9.01. The van der Waals surface area contributed by atoms with E-state index in [4.69, 9.17) is 0 Å². The fraction of sp³-hybridized carbons (Fsp3) is 0.667. The summed E-state index contributed by atoms with van der Waals surface area (Å²) >= 11 is 0. The molecule has 0 aromatic heterocycles. The maximum Gasteiger partial charge on any atom is 0.244 e. The summed E-state index contributed by atoms with van der Waals surface area (Å²) in [5, 5.41) is 0. The van der Waals surface area contributed by atoms with Crippen LogP contribution >= 0.6 is 0 Å². The third kappa shape index (κ3) is 2.61. The van der Waals surface area contributed by atoms with Crippen molar-refractivity contribution >= 4 is 10.0 Å². The molecule has 1 atom stereocenters. The molecule has 3 rings (SSSR count). The van der Waals surface area contributed by atoms with Crippen LogP contribution in [0.5, 0.6) is 0 Å². The molecule has 2 aliphatic carbocycles. The topological polar surface area (TPSA) is 37.4 Å². The van der Waals surface area contributed by atoms with E-state index in [1.54, 1.807) is 0 Å². The second kappa shape index (κ2) is 5.34. The van der Waals surface area contributed by atoms with Gasteiger partial charge in [-0.25, -0.2) is 8.42 Å². The van der Waals surface area contributed by atoms with Gasteiger partial charge in [0.05, 0.1) is 4.90 Å². The van der Waals surface area contributed by atoms with E-state index in [9.17, 15) is 8.42 Å². The van der Waals surface area contributed by atoms with Crippen LogP contribution < -0.4 is 0 Å². The van der Waals surface area contributed by atoms with Crippen LogP contribution in [0.4, 0.5) is 0 Å². The highest BCUT2D eigenvalue weighted by atomic mass is 32.2. The Kier molecular flexibility index (Phi) is 3.89. The molecule has 122 valence electrons. The Labute approximate surface area is 134 Å². The molecular weight excluding hydrogens is 294 g/mol. The zero-order valence-electron chi connectivity index (χ0n) is 14.3. The second-order valence-electron chi connectivity index (χ2n) is 7.23. The summed E-state index contributed by atoms with van der Waals surface area (Å²) in [7, 11) is -3.42. The van der Waals surface area contributed by atoms with Crippen molar-refractivity contribution in [2.45, 2.75) is 77.3 Å². The van der Waals surface area contributed by atoms with Crippen molar-refractivity contribution in [1.29, 1.82) is 0 Å². The molecule has 0 saturated heterocycles. The summed E-state index contributed by atoms with van der Waals surface area (Å²) in [6, 6.07) is 2.45. The number of rotatable bonds is 5.